The summed E-state index contributed by atoms with van der Waals surface area (Å²) in [6.45, 7) is 11.4. The largest absolute Gasteiger partial charge is 0.481 e. The summed E-state index contributed by atoms with van der Waals surface area (Å²) in [7, 11) is 0. The van der Waals surface area contributed by atoms with E-state index in [1.165, 1.54) is 0 Å². The van der Waals surface area contributed by atoms with Gasteiger partial charge in [0.1, 0.15) is 0 Å². The molecule has 0 aliphatic carbocycles. The van der Waals surface area contributed by atoms with Crippen molar-refractivity contribution in [3.63, 3.8) is 0 Å². The molecule has 0 saturated carbocycles. The van der Waals surface area contributed by atoms with Crippen LogP contribution in [-0.4, -0.2) is 21.2 Å². The van der Waals surface area contributed by atoms with Crippen LogP contribution in [0.1, 0.15) is 53.3 Å². The van der Waals surface area contributed by atoms with Crippen LogP contribution < -0.4 is 0 Å². The van der Waals surface area contributed by atoms with Crippen molar-refractivity contribution in [1.29, 1.82) is 0 Å². The quantitative estimate of drug-likeness (QED) is 0.893. The van der Waals surface area contributed by atoms with E-state index in [1.54, 1.807) is 6.92 Å². The molecule has 1 aromatic heterocycles. The molecule has 5 nitrogen and oxygen atoms in total. The monoisotopic (exact) mass is 254 g/mol. The van der Waals surface area contributed by atoms with Crippen molar-refractivity contribution in [1.82, 2.24) is 10.1 Å². The van der Waals surface area contributed by atoms with E-state index in [4.69, 9.17) is 4.52 Å². The number of carboxylic acids is 1. The summed E-state index contributed by atoms with van der Waals surface area (Å²) in [5, 5.41) is 13.3. The van der Waals surface area contributed by atoms with Crippen molar-refractivity contribution in [2.24, 2.45) is 11.3 Å². The predicted molar refractivity (Wildman–Crippen MR) is 67.3 cm³/mol. The Hall–Kier alpha value is -1.39. The summed E-state index contributed by atoms with van der Waals surface area (Å²) in [5.41, 5.74) is -1.08. The first kappa shape index (κ1) is 14.7. The molecule has 18 heavy (non-hydrogen) atoms. The van der Waals surface area contributed by atoms with E-state index >= 15 is 0 Å². The zero-order chi connectivity index (χ0) is 14.1. The smallest absolute Gasteiger partial charge is 0.310 e. The number of carbonyl (C=O) groups is 1. The molecule has 0 saturated heterocycles. The lowest BCUT2D eigenvalue weighted by atomic mass is 9.76. The van der Waals surface area contributed by atoms with Gasteiger partial charge in [0.15, 0.2) is 5.82 Å². The third-order valence-corrected chi connectivity index (χ3v) is 3.42. The number of hydrogen-bond donors (Lipinski definition) is 1. The number of carboxylic acid groups (broad SMARTS) is 1. The molecule has 102 valence electrons. The topological polar surface area (TPSA) is 76.2 Å². The molecule has 0 aliphatic rings. The Bertz CT molecular complexity index is 432. The normalized spacial score (nSPS) is 15.7. The highest BCUT2D eigenvalue weighted by atomic mass is 16.5. The van der Waals surface area contributed by atoms with Crippen molar-refractivity contribution < 1.29 is 14.4 Å². The van der Waals surface area contributed by atoms with Crippen molar-refractivity contribution in [3.05, 3.63) is 11.7 Å². The van der Waals surface area contributed by atoms with Crippen molar-refractivity contribution >= 4 is 5.97 Å². The second-order valence-electron chi connectivity index (χ2n) is 6.32. The molecule has 0 bridgehead atoms. The van der Waals surface area contributed by atoms with Crippen molar-refractivity contribution in [3.8, 4) is 0 Å². The van der Waals surface area contributed by atoms with Crippen LogP contribution >= 0.6 is 0 Å². The SMILES string of the molecule is CC(C)C(C)(Cc1nc(C(C)(C)C)no1)C(=O)O. The van der Waals surface area contributed by atoms with Crippen LogP contribution in [0.4, 0.5) is 0 Å². The minimum Gasteiger partial charge on any atom is -0.481 e. The number of nitrogens with zero attached hydrogens (tertiary/aromatic N) is 2. The molecule has 5 heteroatoms. The van der Waals surface area contributed by atoms with Gasteiger partial charge in [0.2, 0.25) is 5.89 Å². The molecule has 0 aromatic carbocycles. The Labute approximate surface area is 108 Å². The molecule has 1 heterocycles. The van der Waals surface area contributed by atoms with Crippen LogP contribution in [0.5, 0.6) is 0 Å². The van der Waals surface area contributed by atoms with Gasteiger partial charge in [0.05, 0.1) is 5.41 Å². The second kappa shape index (κ2) is 4.71. The first-order chi connectivity index (χ1) is 8.07. The fourth-order valence-electron chi connectivity index (χ4n) is 1.47. The summed E-state index contributed by atoms with van der Waals surface area (Å²) >= 11 is 0. The van der Waals surface area contributed by atoms with Crippen molar-refractivity contribution in [2.45, 2.75) is 53.4 Å². The van der Waals surface area contributed by atoms with E-state index in [1.807, 2.05) is 34.6 Å². The molecule has 1 rings (SSSR count). The summed E-state index contributed by atoms with van der Waals surface area (Å²) in [6.07, 6.45) is 0.253. The van der Waals surface area contributed by atoms with E-state index in [0.717, 1.165) is 0 Å². The minimum atomic E-state index is -0.887. The summed E-state index contributed by atoms with van der Waals surface area (Å²) in [6, 6.07) is 0. The van der Waals surface area contributed by atoms with Crippen LogP contribution in [0, 0.1) is 11.3 Å². The Morgan fingerprint density at radius 2 is 1.89 bits per heavy atom. The lowest BCUT2D eigenvalue weighted by molar-refractivity contribution is -0.150. The van der Waals surface area contributed by atoms with Crippen LogP contribution in [-0.2, 0) is 16.6 Å². The van der Waals surface area contributed by atoms with Crippen molar-refractivity contribution in [2.75, 3.05) is 0 Å². The molecule has 0 amide bonds. The molecular weight excluding hydrogens is 232 g/mol. The van der Waals surface area contributed by atoms with Gasteiger partial charge in [-0.3, -0.25) is 4.79 Å². The van der Waals surface area contributed by atoms with Gasteiger partial charge in [-0.1, -0.05) is 39.8 Å². The number of aliphatic carboxylic acids is 1. The number of rotatable bonds is 4. The first-order valence-electron chi connectivity index (χ1n) is 6.14. The Kier molecular flexibility index (Phi) is 3.84. The van der Waals surface area contributed by atoms with Gasteiger partial charge in [-0.05, 0) is 12.8 Å². The van der Waals surface area contributed by atoms with Gasteiger partial charge in [0.25, 0.3) is 0 Å². The van der Waals surface area contributed by atoms with E-state index in [-0.39, 0.29) is 17.8 Å². The van der Waals surface area contributed by atoms with E-state index < -0.39 is 11.4 Å². The Balaban J connectivity index is 2.97. The molecule has 0 radical (unpaired) electrons. The van der Waals surface area contributed by atoms with Crippen LogP contribution in [0.2, 0.25) is 0 Å². The zero-order valence-corrected chi connectivity index (χ0v) is 11.9. The molecule has 1 aromatic rings. The van der Waals surface area contributed by atoms with E-state index in [2.05, 4.69) is 10.1 Å². The van der Waals surface area contributed by atoms with Gasteiger partial charge in [0, 0.05) is 11.8 Å². The fraction of sp³-hybridized carbons (Fsp3) is 0.769. The van der Waals surface area contributed by atoms with Gasteiger partial charge in [-0.15, -0.1) is 0 Å². The average Bonchev–Trinajstić information content (AvgIpc) is 2.64. The lowest BCUT2D eigenvalue weighted by Gasteiger charge is -2.27. The molecule has 0 aliphatic heterocycles. The summed E-state index contributed by atoms with van der Waals surface area (Å²) < 4.78 is 5.16. The van der Waals surface area contributed by atoms with Crippen LogP contribution in [0.3, 0.4) is 0 Å². The lowest BCUT2D eigenvalue weighted by Crippen LogP contribution is -2.35. The van der Waals surface area contributed by atoms with Gasteiger partial charge in [-0.25, -0.2) is 0 Å². The predicted octanol–water partition coefficient (Wildman–Crippen LogP) is 2.66. The molecule has 0 fully saturated rings. The molecular formula is C13H22N2O3. The highest BCUT2D eigenvalue weighted by Crippen LogP contribution is 2.31. The van der Waals surface area contributed by atoms with Gasteiger partial charge >= 0.3 is 5.97 Å². The maximum atomic E-state index is 11.4. The maximum absolute atomic E-state index is 11.4. The Morgan fingerprint density at radius 1 is 1.33 bits per heavy atom. The standard InChI is InChI=1S/C13H22N2O3/c1-8(2)13(6,11(16)17)7-9-14-10(15-18-9)12(3,4)5/h8H,7H2,1-6H3,(H,16,17). The molecule has 0 spiro atoms. The highest BCUT2D eigenvalue weighted by Gasteiger charge is 2.39. The maximum Gasteiger partial charge on any atom is 0.310 e. The summed E-state index contributed by atoms with van der Waals surface area (Å²) in [4.78, 5) is 15.7. The van der Waals surface area contributed by atoms with Crippen LogP contribution in [0.25, 0.3) is 0 Å². The highest BCUT2D eigenvalue weighted by molar-refractivity contribution is 5.74. The van der Waals surface area contributed by atoms with Gasteiger partial charge in [-0.2, -0.15) is 4.98 Å². The third kappa shape index (κ3) is 2.89. The zero-order valence-electron chi connectivity index (χ0n) is 11.9. The van der Waals surface area contributed by atoms with E-state index in [9.17, 15) is 9.90 Å². The molecule has 1 atom stereocenters. The van der Waals surface area contributed by atoms with E-state index in [0.29, 0.717) is 11.7 Å². The van der Waals surface area contributed by atoms with Gasteiger partial charge < -0.3 is 9.63 Å². The average molecular weight is 254 g/mol. The molecule has 1 N–H and O–H groups in total. The number of hydrogen-bond acceptors (Lipinski definition) is 4. The number of aromatic nitrogens is 2. The first-order valence-corrected chi connectivity index (χ1v) is 6.14. The minimum absolute atomic E-state index is 0.0139. The van der Waals surface area contributed by atoms with Crippen LogP contribution in [0.15, 0.2) is 4.52 Å². The second-order valence-corrected chi connectivity index (χ2v) is 6.32. The Morgan fingerprint density at radius 3 is 2.22 bits per heavy atom. The third-order valence-electron chi connectivity index (χ3n) is 3.42. The fourth-order valence-corrected chi connectivity index (χ4v) is 1.47. The molecule has 1 unspecified atom stereocenters. The summed E-state index contributed by atoms with van der Waals surface area (Å²) in [5.74, 6) is 0.139.